The van der Waals surface area contributed by atoms with E-state index in [1.165, 1.54) is 12.6 Å². The van der Waals surface area contributed by atoms with Gasteiger partial charge >= 0.3 is 6.03 Å². The number of guanidine groups is 1. The second-order valence-corrected chi connectivity index (χ2v) is 3.96. The van der Waals surface area contributed by atoms with Crippen LogP contribution in [0.25, 0.3) is 0 Å². The van der Waals surface area contributed by atoms with Gasteiger partial charge in [-0.3, -0.25) is 10.3 Å². The molecule has 0 saturated carbocycles. The van der Waals surface area contributed by atoms with Crippen LogP contribution in [0.5, 0.6) is 0 Å². The van der Waals surface area contributed by atoms with Crippen LogP contribution in [-0.2, 0) is 0 Å². The van der Waals surface area contributed by atoms with Gasteiger partial charge in [-0.05, 0) is 31.9 Å². The van der Waals surface area contributed by atoms with Crippen molar-refractivity contribution in [2.24, 2.45) is 10.7 Å². The van der Waals surface area contributed by atoms with Crippen LogP contribution in [0.1, 0.15) is 16.7 Å². The van der Waals surface area contributed by atoms with E-state index in [1.54, 1.807) is 0 Å². The molecule has 0 unspecified atom stereocenters. The second kappa shape index (κ2) is 6.86. The topological polar surface area (TPSA) is 79.5 Å². The smallest absolute Gasteiger partial charge is 0.326 e. The molecule has 0 aliphatic carbocycles. The lowest BCUT2D eigenvalue weighted by Gasteiger charge is -2.13. The molecular weight excluding hydrogens is 252 g/mol. The molecule has 5 nitrogen and oxygen atoms in total. The number of amides is 2. The highest BCUT2D eigenvalue weighted by molar-refractivity contribution is 6.02. The molecule has 0 fully saturated rings. The van der Waals surface area contributed by atoms with Gasteiger partial charge in [-0.15, -0.1) is 12.4 Å². The quantitative estimate of drug-likeness (QED) is 0.540. The lowest BCUT2D eigenvalue weighted by atomic mass is 10.1. The van der Waals surface area contributed by atoms with Crippen molar-refractivity contribution in [3.8, 4) is 0 Å². The maximum Gasteiger partial charge on any atom is 0.326 e. The van der Waals surface area contributed by atoms with Gasteiger partial charge in [0.2, 0.25) is 0 Å². The van der Waals surface area contributed by atoms with Crippen molar-refractivity contribution in [2.75, 3.05) is 12.4 Å². The van der Waals surface area contributed by atoms with Gasteiger partial charge in [-0.25, -0.2) is 4.79 Å². The van der Waals surface area contributed by atoms with Crippen molar-refractivity contribution in [3.05, 3.63) is 28.8 Å². The summed E-state index contributed by atoms with van der Waals surface area (Å²) in [5.74, 6) is 0.0879. The Hall–Kier alpha value is -1.75. The molecule has 2 amide bonds. The number of nitrogens with two attached hydrogens (primary N) is 1. The number of carbonyl (C=O) groups excluding carboxylic acids is 1. The van der Waals surface area contributed by atoms with Crippen molar-refractivity contribution in [1.82, 2.24) is 5.32 Å². The molecule has 0 atom stereocenters. The molecule has 0 aromatic heterocycles. The van der Waals surface area contributed by atoms with Crippen LogP contribution in [-0.4, -0.2) is 19.0 Å². The first-order valence-corrected chi connectivity index (χ1v) is 5.32. The first kappa shape index (κ1) is 16.2. The van der Waals surface area contributed by atoms with E-state index in [4.69, 9.17) is 5.73 Å². The van der Waals surface area contributed by atoms with Crippen LogP contribution in [0, 0.1) is 20.8 Å². The lowest BCUT2D eigenvalue weighted by Crippen LogP contribution is -2.39. The van der Waals surface area contributed by atoms with Crippen molar-refractivity contribution in [2.45, 2.75) is 20.8 Å². The van der Waals surface area contributed by atoms with Crippen LogP contribution >= 0.6 is 12.4 Å². The summed E-state index contributed by atoms with van der Waals surface area (Å²) in [4.78, 5) is 15.2. The van der Waals surface area contributed by atoms with Crippen molar-refractivity contribution < 1.29 is 4.79 Å². The largest absolute Gasteiger partial charge is 0.370 e. The Bertz CT molecular complexity index is 448. The SMILES string of the molecule is CN=C(N)NC(=O)Nc1c(C)cc(C)cc1C.Cl. The molecule has 0 aliphatic rings. The molecule has 0 bridgehead atoms. The summed E-state index contributed by atoms with van der Waals surface area (Å²) in [5.41, 5.74) is 9.41. The molecule has 0 heterocycles. The number of rotatable bonds is 1. The molecule has 1 aromatic rings. The van der Waals surface area contributed by atoms with E-state index in [2.05, 4.69) is 15.6 Å². The van der Waals surface area contributed by atoms with E-state index in [0.717, 1.165) is 16.8 Å². The summed E-state index contributed by atoms with van der Waals surface area (Å²) in [5, 5.41) is 5.18. The van der Waals surface area contributed by atoms with Crippen LogP contribution in [0.15, 0.2) is 17.1 Å². The Morgan fingerprint density at radius 2 is 1.72 bits per heavy atom. The predicted octanol–water partition coefficient (Wildman–Crippen LogP) is 2.10. The highest BCUT2D eigenvalue weighted by Gasteiger charge is 2.08. The van der Waals surface area contributed by atoms with Gasteiger partial charge in [0.25, 0.3) is 0 Å². The van der Waals surface area contributed by atoms with E-state index in [-0.39, 0.29) is 24.4 Å². The predicted molar refractivity (Wildman–Crippen MR) is 77.6 cm³/mol. The Morgan fingerprint density at radius 1 is 1.22 bits per heavy atom. The summed E-state index contributed by atoms with van der Waals surface area (Å²) in [6.45, 7) is 5.92. The summed E-state index contributed by atoms with van der Waals surface area (Å²) in [7, 11) is 1.51. The fraction of sp³-hybridized carbons (Fsp3) is 0.333. The van der Waals surface area contributed by atoms with Gasteiger partial charge in [0, 0.05) is 12.7 Å². The van der Waals surface area contributed by atoms with Gasteiger partial charge in [0.1, 0.15) is 0 Å². The zero-order valence-electron chi connectivity index (χ0n) is 11.0. The number of urea groups is 1. The van der Waals surface area contributed by atoms with E-state index in [0.29, 0.717) is 0 Å². The summed E-state index contributed by atoms with van der Waals surface area (Å²) >= 11 is 0. The molecule has 4 N–H and O–H groups in total. The van der Waals surface area contributed by atoms with Gasteiger partial charge < -0.3 is 11.1 Å². The molecule has 100 valence electrons. The Balaban J connectivity index is 0.00000289. The van der Waals surface area contributed by atoms with Crippen LogP contribution in [0.4, 0.5) is 10.5 Å². The average Bonchev–Trinajstić information content (AvgIpc) is 2.23. The molecule has 18 heavy (non-hydrogen) atoms. The van der Waals surface area contributed by atoms with E-state index in [9.17, 15) is 4.79 Å². The number of halogens is 1. The number of nitrogens with one attached hydrogen (secondary N) is 2. The fourth-order valence-corrected chi connectivity index (χ4v) is 1.69. The standard InChI is InChI=1S/C12H18N4O.ClH/c1-7-5-8(2)10(9(3)6-7)15-12(17)16-11(13)14-4;/h5-6H,1-4H3,(H4,13,14,15,16,17);1H. The maximum atomic E-state index is 11.6. The number of nitrogens with zero attached hydrogens (tertiary/aromatic N) is 1. The van der Waals surface area contributed by atoms with Crippen molar-refractivity contribution in [1.29, 1.82) is 0 Å². The number of benzene rings is 1. The Kier molecular flexibility index (Phi) is 6.19. The molecule has 1 rings (SSSR count). The number of hydrogen-bond acceptors (Lipinski definition) is 2. The third-order valence-electron chi connectivity index (χ3n) is 2.40. The van der Waals surface area contributed by atoms with Gasteiger partial charge in [-0.2, -0.15) is 0 Å². The van der Waals surface area contributed by atoms with Crippen LogP contribution < -0.4 is 16.4 Å². The van der Waals surface area contributed by atoms with Crippen molar-refractivity contribution in [3.63, 3.8) is 0 Å². The molecule has 0 saturated heterocycles. The van der Waals surface area contributed by atoms with Crippen molar-refractivity contribution >= 4 is 30.1 Å². The third kappa shape index (κ3) is 4.25. The fourth-order valence-electron chi connectivity index (χ4n) is 1.69. The first-order chi connectivity index (χ1) is 7.93. The number of hydrogen-bond donors (Lipinski definition) is 3. The maximum absolute atomic E-state index is 11.6. The molecule has 1 aromatic carbocycles. The van der Waals surface area contributed by atoms with E-state index < -0.39 is 0 Å². The molecule has 0 radical (unpaired) electrons. The third-order valence-corrected chi connectivity index (χ3v) is 2.40. The van der Waals surface area contributed by atoms with Gasteiger partial charge in [0.05, 0.1) is 0 Å². The van der Waals surface area contributed by atoms with Gasteiger partial charge in [0.15, 0.2) is 5.96 Å². The zero-order chi connectivity index (χ0) is 13.0. The van der Waals surface area contributed by atoms with E-state index in [1.807, 2.05) is 32.9 Å². The lowest BCUT2D eigenvalue weighted by molar-refractivity contribution is 0.256. The number of aliphatic imine (C=N–C) groups is 1. The number of aryl methyl sites for hydroxylation is 3. The Labute approximate surface area is 113 Å². The number of anilines is 1. The minimum Gasteiger partial charge on any atom is -0.370 e. The highest BCUT2D eigenvalue weighted by Crippen LogP contribution is 2.21. The zero-order valence-corrected chi connectivity index (χ0v) is 11.8. The minimum atomic E-state index is -0.386. The molecular formula is C12H19ClN4O. The molecule has 0 spiro atoms. The van der Waals surface area contributed by atoms with E-state index >= 15 is 0 Å². The number of carbonyl (C=O) groups is 1. The summed E-state index contributed by atoms with van der Waals surface area (Å²) in [6.07, 6.45) is 0. The average molecular weight is 271 g/mol. The minimum absolute atomic E-state index is 0. The Morgan fingerprint density at radius 3 is 2.17 bits per heavy atom. The summed E-state index contributed by atoms with van der Waals surface area (Å²) in [6, 6.07) is 3.64. The van der Waals surface area contributed by atoms with Crippen LogP contribution in [0.2, 0.25) is 0 Å². The normalized spacial score (nSPS) is 10.6. The van der Waals surface area contributed by atoms with Crippen LogP contribution in [0.3, 0.4) is 0 Å². The van der Waals surface area contributed by atoms with Gasteiger partial charge in [-0.1, -0.05) is 17.7 Å². The summed E-state index contributed by atoms with van der Waals surface area (Å²) < 4.78 is 0. The molecule has 6 heteroatoms. The highest BCUT2D eigenvalue weighted by atomic mass is 35.5. The first-order valence-electron chi connectivity index (χ1n) is 5.32. The molecule has 0 aliphatic heterocycles. The monoisotopic (exact) mass is 270 g/mol. The second-order valence-electron chi connectivity index (χ2n) is 3.96.